The number of anilines is 2. The minimum Gasteiger partial charge on any atom is -0.353 e. The molecule has 4 aromatic rings. The summed E-state index contributed by atoms with van der Waals surface area (Å²) in [5.74, 6) is 1.75. The lowest BCUT2D eigenvalue weighted by atomic mass is 10.1. The maximum atomic E-state index is 12.6. The van der Waals surface area contributed by atoms with E-state index < -0.39 is 0 Å². The molecule has 1 aliphatic heterocycles. The number of nitrogens with one attached hydrogen (secondary N) is 1. The maximum Gasteiger partial charge on any atom is 0.242 e. The lowest BCUT2D eigenvalue weighted by Crippen LogP contribution is -2.47. The van der Waals surface area contributed by atoms with Crippen LogP contribution in [-0.4, -0.2) is 56.8 Å². The highest BCUT2D eigenvalue weighted by Crippen LogP contribution is 2.24. The number of amides is 1. The van der Waals surface area contributed by atoms with Crippen molar-refractivity contribution in [3.8, 4) is 0 Å². The molecule has 0 spiro atoms. The van der Waals surface area contributed by atoms with E-state index in [-0.39, 0.29) is 12.5 Å². The molecule has 1 aromatic carbocycles. The molecule has 0 aliphatic carbocycles. The van der Waals surface area contributed by atoms with E-state index in [0.29, 0.717) is 12.2 Å². The molecule has 9 nitrogen and oxygen atoms in total. The standard InChI is InChI=1S/C25H28N8O/c1-2-19-6-8-20(9-7-19)15-27-23(34)17-33-25-21(16-30-33)24(28-18-29-25)32-13-11-31(12-14-32)22-5-3-4-10-26-22/h3-10,16,18H,2,11-15,17H2,1H3,(H,27,34). The van der Waals surface area contributed by atoms with Crippen molar-refractivity contribution >= 4 is 28.6 Å². The fraction of sp³-hybridized carbons (Fsp3) is 0.320. The number of carbonyl (C=O) groups excluding carboxylic acids is 1. The van der Waals surface area contributed by atoms with Gasteiger partial charge in [-0.2, -0.15) is 5.10 Å². The summed E-state index contributed by atoms with van der Waals surface area (Å²) in [4.78, 5) is 30.5. The quantitative estimate of drug-likeness (QED) is 0.457. The summed E-state index contributed by atoms with van der Waals surface area (Å²) in [6, 6.07) is 14.3. The third kappa shape index (κ3) is 4.68. The van der Waals surface area contributed by atoms with Gasteiger partial charge >= 0.3 is 0 Å². The van der Waals surface area contributed by atoms with Gasteiger partial charge in [0.25, 0.3) is 0 Å². The minimum absolute atomic E-state index is 0.103. The zero-order valence-corrected chi connectivity index (χ0v) is 19.3. The Morgan fingerprint density at radius 2 is 1.71 bits per heavy atom. The largest absolute Gasteiger partial charge is 0.353 e. The van der Waals surface area contributed by atoms with Crippen LogP contribution in [0, 0.1) is 0 Å². The van der Waals surface area contributed by atoms with Crippen molar-refractivity contribution in [3.63, 3.8) is 0 Å². The summed E-state index contributed by atoms with van der Waals surface area (Å²) in [6.45, 7) is 6.10. The molecule has 1 amide bonds. The molecule has 1 aliphatic rings. The van der Waals surface area contributed by atoms with E-state index in [0.717, 1.165) is 55.2 Å². The van der Waals surface area contributed by atoms with Crippen LogP contribution in [-0.2, 0) is 24.3 Å². The maximum absolute atomic E-state index is 12.6. The Hall–Kier alpha value is -4.01. The molecule has 1 N–H and O–H groups in total. The third-order valence-corrected chi connectivity index (χ3v) is 6.18. The number of pyridine rings is 1. The molecule has 1 fully saturated rings. The Balaban J connectivity index is 1.23. The van der Waals surface area contributed by atoms with Gasteiger partial charge in [0.2, 0.25) is 5.91 Å². The molecule has 0 saturated carbocycles. The van der Waals surface area contributed by atoms with Crippen LogP contribution in [0.1, 0.15) is 18.1 Å². The molecule has 3 aromatic heterocycles. The summed E-state index contributed by atoms with van der Waals surface area (Å²) >= 11 is 0. The highest BCUT2D eigenvalue weighted by Gasteiger charge is 2.22. The lowest BCUT2D eigenvalue weighted by molar-refractivity contribution is -0.121. The molecule has 4 heterocycles. The number of fused-ring (bicyclic) bond motifs is 1. The van der Waals surface area contributed by atoms with E-state index in [4.69, 9.17) is 0 Å². The van der Waals surface area contributed by atoms with Crippen LogP contribution in [0.4, 0.5) is 11.6 Å². The topological polar surface area (TPSA) is 92.1 Å². The van der Waals surface area contributed by atoms with E-state index in [2.05, 4.69) is 66.4 Å². The SMILES string of the molecule is CCc1ccc(CNC(=O)Cn2ncc3c(N4CCN(c5ccccn5)CC4)ncnc32)cc1. The fourth-order valence-electron chi connectivity index (χ4n) is 4.22. The Morgan fingerprint density at radius 3 is 2.44 bits per heavy atom. The number of nitrogens with zero attached hydrogens (tertiary/aromatic N) is 7. The Morgan fingerprint density at radius 1 is 0.941 bits per heavy atom. The zero-order valence-electron chi connectivity index (χ0n) is 19.3. The molecule has 0 bridgehead atoms. The number of hydrogen-bond acceptors (Lipinski definition) is 7. The molecule has 0 atom stereocenters. The molecular weight excluding hydrogens is 428 g/mol. The average molecular weight is 457 g/mol. The lowest BCUT2D eigenvalue weighted by Gasteiger charge is -2.36. The monoisotopic (exact) mass is 456 g/mol. The van der Waals surface area contributed by atoms with Crippen LogP contribution in [0.5, 0.6) is 0 Å². The predicted octanol–water partition coefficient (Wildman–Crippen LogP) is 2.43. The third-order valence-electron chi connectivity index (χ3n) is 6.18. The second-order valence-corrected chi connectivity index (χ2v) is 8.35. The molecule has 174 valence electrons. The minimum atomic E-state index is -0.103. The first kappa shape index (κ1) is 21.8. The number of carbonyl (C=O) groups is 1. The number of piperazine rings is 1. The van der Waals surface area contributed by atoms with Gasteiger partial charge in [-0.3, -0.25) is 4.79 Å². The van der Waals surface area contributed by atoms with E-state index in [9.17, 15) is 4.79 Å². The van der Waals surface area contributed by atoms with Gasteiger partial charge in [-0.15, -0.1) is 0 Å². The molecular formula is C25H28N8O. The van der Waals surface area contributed by atoms with Gasteiger partial charge in [-0.1, -0.05) is 37.3 Å². The molecule has 5 rings (SSSR count). The van der Waals surface area contributed by atoms with Gasteiger partial charge < -0.3 is 15.1 Å². The Labute approximate surface area is 198 Å². The number of hydrogen-bond donors (Lipinski definition) is 1. The van der Waals surface area contributed by atoms with Crippen molar-refractivity contribution in [3.05, 3.63) is 72.3 Å². The Bertz CT molecular complexity index is 1250. The molecule has 0 unspecified atom stereocenters. The smallest absolute Gasteiger partial charge is 0.242 e. The summed E-state index contributed by atoms with van der Waals surface area (Å²) < 4.78 is 1.64. The van der Waals surface area contributed by atoms with Gasteiger partial charge in [0.15, 0.2) is 5.65 Å². The van der Waals surface area contributed by atoms with Crippen molar-refractivity contribution in [2.75, 3.05) is 36.0 Å². The number of benzene rings is 1. The zero-order chi connectivity index (χ0) is 23.3. The normalized spacial score (nSPS) is 13.9. The fourth-order valence-corrected chi connectivity index (χ4v) is 4.22. The number of rotatable bonds is 7. The highest BCUT2D eigenvalue weighted by atomic mass is 16.2. The van der Waals surface area contributed by atoms with Crippen LogP contribution in [0.25, 0.3) is 11.0 Å². The van der Waals surface area contributed by atoms with Crippen molar-refractivity contribution < 1.29 is 4.79 Å². The summed E-state index contributed by atoms with van der Waals surface area (Å²) in [7, 11) is 0. The van der Waals surface area contributed by atoms with Gasteiger partial charge in [0.05, 0.1) is 11.6 Å². The second kappa shape index (κ2) is 9.86. The van der Waals surface area contributed by atoms with Gasteiger partial charge in [0.1, 0.15) is 24.5 Å². The number of aryl methyl sites for hydroxylation is 1. The first-order chi connectivity index (χ1) is 16.7. The number of aromatic nitrogens is 5. The predicted molar refractivity (Wildman–Crippen MR) is 132 cm³/mol. The van der Waals surface area contributed by atoms with Crippen LogP contribution in [0.3, 0.4) is 0 Å². The molecule has 0 radical (unpaired) electrons. The van der Waals surface area contributed by atoms with Crippen LogP contribution >= 0.6 is 0 Å². The van der Waals surface area contributed by atoms with E-state index in [1.807, 2.05) is 24.4 Å². The molecule has 9 heteroatoms. The second-order valence-electron chi connectivity index (χ2n) is 8.35. The Kier molecular flexibility index (Phi) is 6.33. The van der Waals surface area contributed by atoms with Crippen LogP contribution < -0.4 is 15.1 Å². The highest BCUT2D eigenvalue weighted by molar-refractivity contribution is 5.88. The summed E-state index contributed by atoms with van der Waals surface area (Å²) in [5, 5.41) is 8.27. The van der Waals surface area contributed by atoms with E-state index >= 15 is 0 Å². The molecule has 34 heavy (non-hydrogen) atoms. The van der Waals surface area contributed by atoms with Gasteiger partial charge in [0, 0.05) is 38.9 Å². The first-order valence-electron chi connectivity index (χ1n) is 11.6. The average Bonchev–Trinajstić information content (AvgIpc) is 3.31. The van der Waals surface area contributed by atoms with Crippen molar-refractivity contribution in [2.45, 2.75) is 26.4 Å². The van der Waals surface area contributed by atoms with Gasteiger partial charge in [-0.05, 0) is 29.7 Å². The van der Waals surface area contributed by atoms with Gasteiger partial charge in [-0.25, -0.2) is 19.6 Å². The van der Waals surface area contributed by atoms with E-state index in [1.54, 1.807) is 17.2 Å². The molecule has 1 saturated heterocycles. The summed E-state index contributed by atoms with van der Waals surface area (Å²) in [5.41, 5.74) is 3.02. The first-order valence-corrected chi connectivity index (χ1v) is 11.6. The summed E-state index contributed by atoms with van der Waals surface area (Å²) in [6.07, 6.45) is 6.13. The van der Waals surface area contributed by atoms with Crippen molar-refractivity contribution in [1.82, 2.24) is 30.0 Å². The van der Waals surface area contributed by atoms with E-state index in [1.165, 1.54) is 5.56 Å². The van der Waals surface area contributed by atoms with Crippen molar-refractivity contribution in [1.29, 1.82) is 0 Å². The van der Waals surface area contributed by atoms with Crippen LogP contribution in [0.2, 0.25) is 0 Å². The van der Waals surface area contributed by atoms with Crippen molar-refractivity contribution in [2.24, 2.45) is 0 Å². The van der Waals surface area contributed by atoms with Crippen LogP contribution in [0.15, 0.2) is 61.2 Å².